The maximum absolute atomic E-state index is 6.17. The van der Waals surface area contributed by atoms with Gasteiger partial charge in [0.1, 0.15) is 17.5 Å². The summed E-state index contributed by atoms with van der Waals surface area (Å²) in [6, 6.07) is 5.21. The highest BCUT2D eigenvalue weighted by molar-refractivity contribution is 6.35. The first-order valence-corrected chi connectivity index (χ1v) is 7.25. The molecule has 2 rings (SSSR count). The zero-order valence-corrected chi connectivity index (χ0v) is 13.5. The number of benzene rings is 1. The van der Waals surface area contributed by atoms with Gasteiger partial charge in [0.25, 0.3) is 0 Å². The number of hydrogen-bond acceptors (Lipinski definition) is 5. The highest BCUT2D eigenvalue weighted by Crippen LogP contribution is 2.31. The third-order valence-corrected chi connectivity index (χ3v) is 3.56. The Hall–Kier alpha value is -1.56. The van der Waals surface area contributed by atoms with Crippen LogP contribution >= 0.6 is 23.2 Å². The lowest BCUT2D eigenvalue weighted by atomic mass is 10.2. The molecule has 0 radical (unpaired) electrons. The third kappa shape index (κ3) is 3.56. The predicted octanol–water partition coefficient (Wildman–Crippen LogP) is 4.24. The minimum absolute atomic E-state index is 0.174. The van der Waals surface area contributed by atoms with Crippen LogP contribution in [0.3, 0.4) is 0 Å². The second-order valence-electron chi connectivity index (χ2n) is 4.95. The molecule has 21 heavy (non-hydrogen) atoms. The molecule has 0 aliphatic carbocycles. The number of nitrogen functional groups attached to an aromatic ring is 1. The molecule has 0 saturated heterocycles. The summed E-state index contributed by atoms with van der Waals surface area (Å²) in [6.07, 6.45) is 0. The van der Waals surface area contributed by atoms with Crippen LogP contribution in [0.5, 0.6) is 0 Å². The summed E-state index contributed by atoms with van der Waals surface area (Å²) in [5.74, 6) is 7.61. The Morgan fingerprint density at radius 1 is 1.14 bits per heavy atom. The van der Waals surface area contributed by atoms with Gasteiger partial charge >= 0.3 is 0 Å². The highest BCUT2D eigenvalue weighted by Gasteiger charge is 2.13. The molecule has 0 atom stereocenters. The van der Waals surface area contributed by atoms with Crippen LogP contribution in [-0.2, 0) is 0 Å². The summed E-state index contributed by atoms with van der Waals surface area (Å²) in [5, 5.41) is 4.34. The van der Waals surface area contributed by atoms with E-state index in [2.05, 4.69) is 20.7 Å². The SMILES string of the molecule is Cc1c(NN)nc(C(C)C)nc1Nc1cc(Cl)ccc1Cl. The van der Waals surface area contributed by atoms with Crippen LogP contribution in [0.4, 0.5) is 17.3 Å². The van der Waals surface area contributed by atoms with Gasteiger partial charge < -0.3 is 10.7 Å². The van der Waals surface area contributed by atoms with E-state index in [0.29, 0.717) is 33.2 Å². The molecule has 0 unspecified atom stereocenters. The number of anilines is 3. The topological polar surface area (TPSA) is 75.9 Å². The van der Waals surface area contributed by atoms with Gasteiger partial charge in [-0.05, 0) is 25.1 Å². The Morgan fingerprint density at radius 2 is 1.81 bits per heavy atom. The number of hydrazine groups is 1. The largest absolute Gasteiger partial charge is 0.339 e. The van der Waals surface area contributed by atoms with Crippen LogP contribution < -0.4 is 16.6 Å². The Balaban J connectivity index is 2.47. The van der Waals surface area contributed by atoms with Gasteiger partial charge in [-0.2, -0.15) is 0 Å². The van der Waals surface area contributed by atoms with E-state index in [-0.39, 0.29) is 5.92 Å². The zero-order valence-electron chi connectivity index (χ0n) is 12.0. The van der Waals surface area contributed by atoms with Crippen molar-refractivity contribution in [2.75, 3.05) is 10.7 Å². The normalized spacial score (nSPS) is 10.8. The van der Waals surface area contributed by atoms with Crippen molar-refractivity contribution in [2.45, 2.75) is 26.7 Å². The number of nitrogens with two attached hydrogens (primary N) is 1. The minimum Gasteiger partial charge on any atom is -0.339 e. The van der Waals surface area contributed by atoms with E-state index in [0.717, 1.165) is 5.56 Å². The maximum atomic E-state index is 6.17. The van der Waals surface area contributed by atoms with E-state index in [1.165, 1.54) is 0 Å². The number of aromatic nitrogens is 2. The van der Waals surface area contributed by atoms with Crippen molar-refractivity contribution in [3.8, 4) is 0 Å². The number of hydrogen-bond donors (Lipinski definition) is 3. The molecule has 0 bridgehead atoms. The predicted molar refractivity (Wildman–Crippen MR) is 88.4 cm³/mol. The maximum Gasteiger partial charge on any atom is 0.148 e. The standard InChI is InChI=1S/C14H17Cl2N5/c1-7(2)12-19-13(8(3)14(20-12)21-17)18-11-6-9(15)4-5-10(11)16/h4-7H,17H2,1-3H3,(H2,18,19,20,21). The smallest absolute Gasteiger partial charge is 0.148 e. The number of nitrogens with zero attached hydrogens (tertiary/aromatic N) is 2. The van der Waals surface area contributed by atoms with Crippen LogP contribution in [0.1, 0.15) is 31.2 Å². The van der Waals surface area contributed by atoms with Crippen molar-refractivity contribution in [2.24, 2.45) is 5.84 Å². The van der Waals surface area contributed by atoms with Gasteiger partial charge in [0.05, 0.1) is 10.7 Å². The molecule has 1 aromatic carbocycles. The molecule has 7 heteroatoms. The van der Waals surface area contributed by atoms with Gasteiger partial charge in [-0.1, -0.05) is 37.0 Å². The quantitative estimate of drug-likeness (QED) is 0.578. The van der Waals surface area contributed by atoms with Crippen molar-refractivity contribution < 1.29 is 0 Å². The Kier molecular flexibility index (Phi) is 4.88. The van der Waals surface area contributed by atoms with E-state index >= 15 is 0 Å². The molecule has 1 heterocycles. The molecular weight excluding hydrogens is 309 g/mol. The molecule has 0 fully saturated rings. The van der Waals surface area contributed by atoms with Crippen molar-refractivity contribution >= 4 is 40.5 Å². The van der Waals surface area contributed by atoms with Gasteiger partial charge in [-0.3, -0.25) is 0 Å². The van der Waals surface area contributed by atoms with E-state index in [1.54, 1.807) is 18.2 Å². The fourth-order valence-corrected chi connectivity index (χ4v) is 2.11. The fourth-order valence-electron chi connectivity index (χ4n) is 1.78. The second kappa shape index (κ2) is 6.47. The first-order valence-electron chi connectivity index (χ1n) is 6.49. The van der Waals surface area contributed by atoms with Crippen LogP contribution in [0.15, 0.2) is 18.2 Å². The van der Waals surface area contributed by atoms with E-state index in [9.17, 15) is 0 Å². The van der Waals surface area contributed by atoms with Crippen LogP contribution in [0.2, 0.25) is 10.0 Å². The lowest BCUT2D eigenvalue weighted by Crippen LogP contribution is -2.14. The highest BCUT2D eigenvalue weighted by atomic mass is 35.5. The van der Waals surface area contributed by atoms with E-state index in [4.69, 9.17) is 29.0 Å². The fraction of sp³-hybridized carbons (Fsp3) is 0.286. The monoisotopic (exact) mass is 325 g/mol. The molecule has 0 aliphatic heterocycles. The Morgan fingerprint density at radius 3 is 2.43 bits per heavy atom. The third-order valence-electron chi connectivity index (χ3n) is 3.00. The summed E-state index contributed by atoms with van der Waals surface area (Å²) in [6.45, 7) is 5.91. The van der Waals surface area contributed by atoms with Crippen LogP contribution in [0.25, 0.3) is 0 Å². The molecule has 2 aromatic rings. The molecule has 112 valence electrons. The Bertz CT molecular complexity index is 658. The lowest BCUT2D eigenvalue weighted by Gasteiger charge is -2.15. The molecule has 4 N–H and O–H groups in total. The van der Waals surface area contributed by atoms with Crippen molar-refractivity contribution in [1.29, 1.82) is 0 Å². The summed E-state index contributed by atoms with van der Waals surface area (Å²) >= 11 is 12.2. The average molecular weight is 326 g/mol. The lowest BCUT2D eigenvalue weighted by molar-refractivity contribution is 0.774. The first-order chi connectivity index (χ1) is 9.92. The van der Waals surface area contributed by atoms with Crippen LogP contribution in [0, 0.1) is 6.92 Å². The molecule has 0 spiro atoms. The summed E-state index contributed by atoms with van der Waals surface area (Å²) < 4.78 is 0. The van der Waals surface area contributed by atoms with Gasteiger partial charge in [0.15, 0.2) is 0 Å². The molecule has 0 amide bonds. The number of halogens is 2. The molecular formula is C14H17Cl2N5. The van der Waals surface area contributed by atoms with E-state index < -0.39 is 0 Å². The molecule has 5 nitrogen and oxygen atoms in total. The molecule has 0 saturated carbocycles. The summed E-state index contributed by atoms with van der Waals surface area (Å²) in [5.41, 5.74) is 4.08. The van der Waals surface area contributed by atoms with Gasteiger partial charge in [-0.25, -0.2) is 15.8 Å². The van der Waals surface area contributed by atoms with Crippen molar-refractivity contribution in [1.82, 2.24) is 9.97 Å². The summed E-state index contributed by atoms with van der Waals surface area (Å²) in [4.78, 5) is 8.91. The minimum atomic E-state index is 0.174. The van der Waals surface area contributed by atoms with Gasteiger partial charge in [-0.15, -0.1) is 0 Å². The van der Waals surface area contributed by atoms with Crippen LogP contribution in [-0.4, -0.2) is 9.97 Å². The zero-order chi connectivity index (χ0) is 15.6. The number of rotatable bonds is 4. The average Bonchev–Trinajstić information content (AvgIpc) is 2.44. The second-order valence-corrected chi connectivity index (χ2v) is 5.80. The van der Waals surface area contributed by atoms with Gasteiger partial charge in [0, 0.05) is 16.5 Å². The molecule has 1 aromatic heterocycles. The van der Waals surface area contributed by atoms with Crippen molar-refractivity contribution in [3.63, 3.8) is 0 Å². The number of nitrogens with one attached hydrogen (secondary N) is 2. The molecule has 0 aliphatic rings. The van der Waals surface area contributed by atoms with Gasteiger partial charge in [0.2, 0.25) is 0 Å². The van der Waals surface area contributed by atoms with E-state index in [1.807, 2.05) is 20.8 Å². The van der Waals surface area contributed by atoms with Crippen molar-refractivity contribution in [3.05, 3.63) is 39.6 Å². The summed E-state index contributed by atoms with van der Waals surface area (Å²) in [7, 11) is 0. The Labute approximate surface area is 133 Å². The first kappa shape index (κ1) is 15.8.